The van der Waals surface area contributed by atoms with E-state index in [2.05, 4.69) is 9.98 Å². The number of benzene rings is 2. The molecule has 94 valence electrons. The molecule has 1 amide bonds. The first-order valence-electron chi connectivity index (χ1n) is 6.40. The molecule has 2 heterocycles. The normalized spacial score (nSPS) is 15.0. The van der Waals surface area contributed by atoms with Gasteiger partial charge in [0.25, 0.3) is 5.91 Å². The highest BCUT2D eigenvalue weighted by Gasteiger charge is 2.17. The highest BCUT2D eigenvalue weighted by molar-refractivity contribution is 6.25. The standard InChI is InChI=1S/C17H10N2O/c20-17-14(11-4-2-1-3-5-11)10-12-6-7-15-13(8-9-18-15)16(12)19-17/h1-10H. The number of rotatable bonds is 1. The molecule has 4 rings (SSSR count). The molecule has 0 fully saturated rings. The molecule has 20 heavy (non-hydrogen) atoms. The first-order valence-corrected chi connectivity index (χ1v) is 6.40. The summed E-state index contributed by atoms with van der Waals surface area (Å²) in [6.07, 6.45) is 5.54. The van der Waals surface area contributed by atoms with Crippen LogP contribution in [0.2, 0.25) is 0 Å². The maximum Gasteiger partial charge on any atom is 0.278 e. The minimum atomic E-state index is -0.197. The minimum absolute atomic E-state index is 0.197. The summed E-state index contributed by atoms with van der Waals surface area (Å²) in [5.74, 6) is -0.197. The van der Waals surface area contributed by atoms with Gasteiger partial charge in [-0.3, -0.25) is 9.79 Å². The zero-order valence-electron chi connectivity index (χ0n) is 10.6. The van der Waals surface area contributed by atoms with Gasteiger partial charge in [0, 0.05) is 22.6 Å². The van der Waals surface area contributed by atoms with Gasteiger partial charge in [-0.05, 0) is 23.8 Å². The lowest BCUT2D eigenvalue weighted by molar-refractivity contribution is -0.112. The third kappa shape index (κ3) is 1.57. The molecule has 2 aromatic carbocycles. The van der Waals surface area contributed by atoms with Crippen LogP contribution in [-0.2, 0) is 4.79 Å². The molecule has 0 saturated heterocycles. The van der Waals surface area contributed by atoms with E-state index in [0.29, 0.717) is 5.57 Å². The SMILES string of the molecule is O=C1N=c2c(ccc3c2=CC=N3)C=C1c1ccccc1. The Hall–Kier alpha value is -2.81. The van der Waals surface area contributed by atoms with Crippen molar-refractivity contribution in [2.75, 3.05) is 0 Å². The van der Waals surface area contributed by atoms with Gasteiger partial charge in [-0.25, -0.2) is 4.99 Å². The van der Waals surface area contributed by atoms with Gasteiger partial charge >= 0.3 is 0 Å². The second-order valence-corrected chi connectivity index (χ2v) is 4.72. The van der Waals surface area contributed by atoms with Crippen LogP contribution in [0.1, 0.15) is 11.1 Å². The fourth-order valence-corrected chi connectivity index (χ4v) is 2.53. The van der Waals surface area contributed by atoms with Crippen molar-refractivity contribution < 1.29 is 4.79 Å². The molecule has 3 heteroatoms. The Bertz CT molecular complexity index is 906. The number of amides is 1. The molecule has 0 saturated carbocycles. The van der Waals surface area contributed by atoms with Crippen molar-refractivity contribution in [3.63, 3.8) is 0 Å². The zero-order valence-corrected chi connectivity index (χ0v) is 10.6. The average Bonchev–Trinajstić information content (AvgIpc) is 2.96. The van der Waals surface area contributed by atoms with Crippen molar-refractivity contribution in [1.29, 1.82) is 0 Å². The maximum atomic E-state index is 12.3. The molecule has 0 aliphatic carbocycles. The number of nitrogens with zero attached hydrogens (tertiary/aromatic N) is 2. The van der Waals surface area contributed by atoms with E-state index < -0.39 is 0 Å². The highest BCUT2D eigenvalue weighted by Crippen LogP contribution is 2.21. The third-order valence-electron chi connectivity index (χ3n) is 3.51. The summed E-state index contributed by atoms with van der Waals surface area (Å²) in [4.78, 5) is 20.8. The van der Waals surface area contributed by atoms with E-state index in [1.54, 1.807) is 6.21 Å². The van der Waals surface area contributed by atoms with Gasteiger partial charge in [0.1, 0.15) is 0 Å². The lowest BCUT2D eigenvalue weighted by atomic mass is 9.99. The molecular weight excluding hydrogens is 248 g/mol. The molecular formula is C17H10N2O. The molecule has 3 nitrogen and oxygen atoms in total. The third-order valence-corrected chi connectivity index (χ3v) is 3.51. The number of fused-ring (bicyclic) bond motifs is 3. The second kappa shape index (κ2) is 4.10. The van der Waals surface area contributed by atoms with Crippen LogP contribution in [-0.4, -0.2) is 12.1 Å². The predicted molar refractivity (Wildman–Crippen MR) is 79.2 cm³/mol. The molecule has 2 aliphatic rings. The summed E-state index contributed by atoms with van der Waals surface area (Å²) in [5, 5.41) is 1.66. The van der Waals surface area contributed by atoms with Gasteiger partial charge < -0.3 is 0 Å². The molecule has 2 aromatic rings. The molecule has 0 aromatic heterocycles. The summed E-state index contributed by atoms with van der Waals surface area (Å²) in [6, 6.07) is 13.5. The van der Waals surface area contributed by atoms with Crippen LogP contribution >= 0.6 is 0 Å². The van der Waals surface area contributed by atoms with Gasteiger partial charge in [0.15, 0.2) is 0 Å². The van der Waals surface area contributed by atoms with Gasteiger partial charge in [-0.1, -0.05) is 36.4 Å². The van der Waals surface area contributed by atoms with Crippen LogP contribution < -0.4 is 10.6 Å². The van der Waals surface area contributed by atoms with E-state index in [0.717, 1.165) is 27.4 Å². The van der Waals surface area contributed by atoms with Crippen molar-refractivity contribution in [3.8, 4) is 0 Å². The summed E-state index contributed by atoms with van der Waals surface area (Å²) in [5.41, 5.74) is 3.37. The molecule has 0 bridgehead atoms. The van der Waals surface area contributed by atoms with Crippen LogP contribution in [0.25, 0.3) is 17.7 Å². The van der Waals surface area contributed by atoms with Crippen molar-refractivity contribution in [2.45, 2.75) is 0 Å². The Morgan fingerprint density at radius 2 is 1.80 bits per heavy atom. The lowest BCUT2D eigenvalue weighted by Crippen LogP contribution is -2.30. The maximum absolute atomic E-state index is 12.3. The molecule has 2 aliphatic heterocycles. The zero-order chi connectivity index (χ0) is 13.5. The lowest BCUT2D eigenvalue weighted by Gasteiger charge is -2.09. The van der Waals surface area contributed by atoms with E-state index in [4.69, 9.17) is 0 Å². The minimum Gasteiger partial charge on any atom is -0.267 e. The van der Waals surface area contributed by atoms with E-state index >= 15 is 0 Å². The quantitative estimate of drug-likeness (QED) is 0.770. The van der Waals surface area contributed by atoms with Gasteiger partial charge in [-0.15, -0.1) is 0 Å². The Morgan fingerprint density at radius 3 is 2.65 bits per heavy atom. The average molecular weight is 258 g/mol. The molecule has 0 atom stereocenters. The number of aliphatic imine (C=N–C) groups is 1. The van der Waals surface area contributed by atoms with Crippen molar-refractivity contribution >= 4 is 35.5 Å². The number of hydrogen-bond donors (Lipinski definition) is 0. The van der Waals surface area contributed by atoms with Crippen molar-refractivity contribution in [1.82, 2.24) is 0 Å². The van der Waals surface area contributed by atoms with Gasteiger partial charge in [0.2, 0.25) is 0 Å². The Labute approximate surface area is 115 Å². The van der Waals surface area contributed by atoms with E-state index in [1.807, 2.05) is 54.6 Å². The van der Waals surface area contributed by atoms with Crippen LogP contribution in [0.15, 0.2) is 52.4 Å². The molecule has 0 spiro atoms. The largest absolute Gasteiger partial charge is 0.278 e. The summed E-state index contributed by atoms with van der Waals surface area (Å²) in [6.45, 7) is 0. The molecule has 0 unspecified atom stereocenters. The van der Waals surface area contributed by atoms with Crippen molar-refractivity contribution in [3.05, 3.63) is 64.2 Å². The smallest absolute Gasteiger partial charge is 0.267 e. The van der Waals surface area contributed by atoms with Gasteiger partial charge in [-0.2, -0.15) is 0 Å². The number of carbonyl (C=O) groups excluding carboxylic acids is 1. The van der Waals surface area contributed by atoms with Crippen LogP contribution in [0.3, 0.4) is 0 Å². The topological polar surface area (TPSA) is 41.8 Å². The van der Waals surface area contributed by atoms with E-state index in [-0.39, 0.29) is 5.91 Å². The first-order chi connectivity index (χ1) is 9.83. The monoisotopic (exact) mass is 258 g/mol. The number of hydrogen-bond acceptors (Lipinski definition) is 2. The number of carbonyl (C=O) groups is 1. The van der Waals surface area contributed by atoms with Gasteiger partial charge in [0.05, 0.1) is 11.0 Å². The summed E-state index contributed by atoms with van der Waals surface area (Å²) >= 11 is 0. The highest BCUT2D eigenvalue weighted by atomic mass is 16.1. The Morgan fingerprint density at radius 1 is 0.950 bits per heavy atom. The van der Waals surface area contributed by atoms with Crippen LogP contribution in [0.4, 0.5) is 5.69 Å². The van der Waals surface area contributed by atoms with E-state index in [9.17, 15) is 4.79 Å². The van der Waals surface area contributed by atoms with Crippen LogP contribution in [0.5, 0.6) is 0 Å². The summed E-state index contributed by atoms with van der Waals surface area (Å²) in [7, 11) is 0. The second-order valence-electron chi connectivity index (χ2n) is 4.72. The molecule has 0 N–H and O–H groups in total. The van der Waals surface area contributed by atoms with Crippen LogP contribution in [0, 0.1) is 0 Å². The predicted octanol–water partition coefficient (Wildman–Crippen LogP) is 1.88. The Balaban J connectivity index is 1.97. The molecule has 0 radical (unpaired) electrons. The first kappa shape index (κ1) is 11.1. The fraction of sp³-hybridized carbons (Fsp3) is 0. The summed E-state index contributed by atoms with van der Waals surface area (Å²) < 4.78 is 0. The fourth-order valence-electron chi connectivity index (χ4n) is 2.53. The van der Waals surface area contributed by atoms with Crippen molar-refractivity contribution in [2.24, 2.45) is 9.98 Å². The Kier molecular flexibility index (Phi) is 2.27. The van der Waals surface area contributed by atoms with E-state index in [1.165, 1.54) is 0 Å².